The number of rotatable bonds is 2. The Labute approximate surface area is 81.3 Å². The van der Waals surface area contributed by atoms with Crippen molar-refractivity contribution in [1.82, 2.24) is 14.7 Å². The highest BCUT2D eigenvalue weighted by Crippen LogP contribution is 2.26. The number of aromatic nitrogens is 2. The topological polar surface area (TPSA) is 21.1 Å². The predicted molar refractivity (Wildman–Crippen MR) is 47.9 cm³/mol. The molecule has 0 atom stereocenters. The Morgan fingerprint density at radius 1 is 1.36 bits per heavy atom. The highest BCUT2D eigenvalue weighted by molar-refractivity contribution is 5.22. The minimum absolute atomic E-state index is 0.383. The van der Waals surface area contributed by atoms with E-state index >= 15 is 0 Å². The predicted octanol–water partition coefficient (Wildman–Crippen LogP) is 2.00. The summed E-state index contributed by atoms with van der Waals surface area (Å²) in [6, 6.07) is 0.383. The largest absolute Gasteiger partial charge is 0.333 e. The first kappa shape index (κ1) is 9.58. The zero-order chi connectivity index (χ0) is 10.3. The van der Waals surface area contributed by atoms with Gasteiger partial charge in [0.15, 0.2) is 0 Å². The molecule has 1 aliphatic rings. The second kappa shape index (κ2) is 3.31. The molecule has 14 heavy (non-hydrogen) atoms. The van der Waals surface area contributed by atoms with Gasteiger partial charge in [0.25, 0.3) is 0 Å². The van der Waals surface area contributed by atoms with Crippen LogP contribution in [0.15, 0.2) is 6.20 Å². The van der Waals surface area contributed by atoms with Crippen molar-refractivity contribution in [2.75, 3.05) is 0 Å². The normalized spacial score (nSPS) is 17.0. The van der Waals surface area contributed by atoms with Crippen LogP contribution in [-0.2, 0) is 13.1 Å². The highest BCUT2D eigenvalue weighted by atomic mass is 19.3. The summed E-state index contributed by atoms with van der Waals surface area (Å²) in [5.41, 5.74) is 1.59. The maximum absolute atomic E-state index is 12.5. The fraction of sp³-hybridized carbons (Fsp3) is 0.667. The molecule has 0 saturated heterocycles. The Morgan fingerprint density at radius 3 is 2.64 bits per heavy atom. The number of hydrogen-bond acceptors (Lipinski definition) is 2. The van der Waals surface area contributed by atoms with Crippen molar-refractivity contribution in [1.29, 1.82) is 0 Å². The van der Waals surface area contributed by atoms with Crippen molar-refractivity contribution in [3.63, 3.8) is 0 Å². The third kappa shape index (κ3) is 1.41. The fourth-order valence-corrected chi connectivity index (χ4v) is 1.73. The van der Waals surface area contributed by atoms with Gasteiger partial charge < -0.3 is 0 Å². The lowest BCUT2D eigenvalue weighted by atomic mass is 10.3. The second-order valence-corrected chi connectivity index (χ2v) is 3.84. The molecule has 0 fully saturated rings. The van der Waals surface area contributed by atoms with Crippen molar-refractivity contribution in [3.05, 3.63) is 17.5 Å². The van der Waals surface area contributed by atoms with E-state index in [1.807, 2.05) is 0 Å². The number of alkyl halides is 2. The molecule has 3 nitrogen and oxygen atoms in total. The Balaban J connectivity index is 2.24. The Bertz CT molecular complexity index is 333. The molecule has 1 aliphatic heterocycles. The summed E-state index contributed by atoms with van der Waals surface area (Å²) in [5, 5.41) is 3.67. The minimum atomic E-state index is -2.52. The summed E-state index contributed by atoms with van der Waals surface area (Å²) in [6.07, 6.45) is 1.55. The zero-order valence-electron chi connectivity index (χ0n) is 8.24. The Kier molecular flexibility index (Phi) is 2.26. The quantitative estimate of drug-likeness (QED) is 0.729. The number of fused-ring (bicyclic) bond motifs is 1. The molecule has 0 unspecified atom stereocenters. The molecule has 1 aromatic rings. The van der Waals surface area contributed by atoms with Crippen molar-refractivity contribution >= 4 is 0 Å². The first-order chi connectivity index (χ1) is 6.59. The molecule has 0 radical (unpaired) electrons. The van der Waals surface area contributed by atoms with Gasteiger partial charge in [0.05, 0.1) is 11.9 Å². The molecule has 2 rings (SSSR count). The highest BCUT2D eigenvalue weighted by Gasteiger charge is 2.27. The van der Waals surface area contributed by atoms with Crippen LogP contribution in [0.3, 0.4) is 0 Å². The van der Waals surface area contributed by atoms with E-state index in [0.717, 1.165) is 16.8 Å². The van der Waals surface area contributed by atoms with Crippen LogP contribution in [0.25, 0.3) is 0 Å². The van der Waals surface area contributed by atoms with E-state index < -0.39 is 6.55 Å². The molecule has 78 valence electrons. The molecule has 0 saturated carbocycles. The standard InChI is InChI=1S/C9H13F2N3/c1-6(2)13-4-7-3-12-14(9(10)11)8(7)5-13/h3,6,9H,4-5H2,1-2H3. The SMILES string of the molecule is CC(C)N1Cc2cnn(C(F)F)c2C1. The van der Waals surface area contributed by atoms with Crippen molar-refractivity contribution in [3.8, 4) is 0 Å². The molecule has 1 aromatic heterocycles. The van der Waals surface area contributed by atoms with Crippen LogP contribution in [-0.4, -0.2) is 20.7 Å². The summed E-state index contributed by atoms with van der Waals surface area (Å²) in [4.78, 5) is 2.14. The molecule has 0 amide bonds. The van der Waals surface area contributed by atoms with Crippen LogP contribution in [0.5, 0.6) is 0 Å². The fourth-order valence-electron chi connectivity index (χ4n) is 1.73. The molecule has 0 N–H and O–H groups in total. The molecule has 5 heteroatoms. The molecular weight excluding hydrogens is 188 g/mol. The summed E-state index contributed by atoms with van der Waals surface area (Å²) < 4.78 is 25.7. The molecule has 0 aromatic carbocycles. The maximum atomic E-state index is 12.5. The van der Waals surface area contributed by atoms with Crippen LogP contribution in [0.4, 0.5) is 8.78 Å². The van der Waals surface area contributed by atoms with Gasteiger partial charge in [-0.1, -0.05) is 0 Å². The summed E-state index contributed by atoms with van der Waals surface area (Å²) in [5.74, 6) is 0. The third-order valence-corrected chi connectivity index (χ3v) is 2.63. The maximum Gasteiger partial charge on any atom is 0.333 e. The smallest absolute Gasteiger partial charge is 0.291 e. The molecule has 0 aliphatic carbocycles. The first-order valence-corrected chi connectivity index (χ1v) is 4.67. The minimum Gasteiger partial charge on any atom is -0.291 e. The van der Waals surface area contributed by atoms with Gasteiger partial charge in [-0.15, -0.1) is 0 Å². The Morgan fingerprint density at radius 2 is 2.07 bits per heavy atom. The van der Waals surface area contributed by atoms with E-state index in [2.05, 4.69) is 23.8 Å². The van der Waals surface area contributed by atoms with Crippen molar-refractivity contribution in [2.24, 2.45) is 0 Å². The van der Waals surface area contributed by atoms with E-state index in [4.69, 9.17) is 0 Å². The van der Waals surface area contributed by atoms with E-state index in [-0.39, 0.29) is 0 Å². The average Bonchev–Trinajstić information content (AvgIpc) is 2.58. The lowest BCUT2D eigenvalue weighted by Gasteiger charge is -2.19. The van der Waals surface area contributed by atoms with E-state index in [1.165, 1.54) is 0 Å². The van der Waals surface area contributed by atoms with Gasteiger partial charge in [-0.05, 0) is 13.8 Å². The zero-order valence-corrected chi connectivity index (χ0v) is 8.24. The summed E-state index contributed by atoms with van der Waals surface area (Å²) >= 11 is 0. The van der Waals surface area contributed by atoms with E-state index in [9.17, 15) is 8.78 Å². The molecule has 2 heterocycles. The molecule has 0 bridgehead atoms. The second-order valence-electron chi connectivity index (χ2n) is 3.84. The van der Waals surface area contributed by atoms with E-state index in [0.29, 0.717) is 18.3 Å². The average molecular weight is 201 g/mol. The van der Waals surface area contributed by atoms with E-state index in [1.54, 1.807) is 6.20 Å². The van der Waals surface area contributed by atoms with Crippen molar-refractivity contribution < 1.29 is 8.78 Å². The molecular formula is C9H13F2N3. The van der Waals surface area contributed by atoms with Crippen LogP contribution >= 0.6 is 0 Å². The van der Waals surface area contributed by atoms with Crippen LogP contribution in [0, 0.1) is 0 Å². The summed E-state index contributed by atoms with van der Waals surface area (Å²) in [7, 11) is 0. The lowest BCUT2D eigenvalue weighted by Crippen LogP contribution is -2.25. The van der Waals surface area contributed by atoms with Gasteiger partial charge in [-0.3, -0.25) is 4.90 Å². The van der Waals surface area contributed by atoms with Gasteiger partial charge in [0.1, 0.15) is 0 Å². The molecule has 0 spiro atoms. The summed E-state index contributed by atoms with van der Waals surface area (Å²) in [6.45, 7) is 2.92. The lowest BCUT2D eigenvalue weighted by molar-refractivity contribution is 0.0512. The van der Waals surface area contributed by atoms with Gasteiger partial charge in [-0.2, -0.15) is 13.9 Å². The van der Waals surface area contributed by atoms with Crippen molar-refractivity contribution in [2.45, 2.75) is 39.5 Å². The third-order valence-electron chi connectivity index (χ3n) is 2.63. The number of nitrogens with zero attached hydrogens (tertiary/aromatic N) is 3. The van der Waals surface area contributed by atoms with Gasteiger partial charge >= 0.3 is 6.55 Å². The van der Waals surface area contributed by atoms with Crippen LogP contribution in [0.2, 0.25) is 0 Å². The number of halogens is 2. The van der Waals surface area contributed by atoms with Gasteiger partial charge in [0.2, 0.25) is 0 Å². The number of hydrogen-bond donors (Lipinski definition) is 0. The van der Waals surface area contributed by atoms with Gasteiger partial charge in [0, 0.05) is 24.7 Å². The first-order valence-electron chi connectivity index (χ1n) is 4.67. The Hall–Kier alpha value is -0.970. The van der Waals surface area contributed by atoms with Crippen LogP contribution in [0.1, 0.15) is 31.7 Å². The van der Waals surface area contributed by atoms with Gasteiger partial charge in [-0.25, -0.2) is 4.68 Å². The monoisotopic (exact) mass is 201 g/mol. The van der Waals surface area contributed by atoms with Crippen LogP contribution < -0.4 is 0 Å².